The van der Waals surface area contributed by atoms with Crippen molar-refractivity contribution in [1.29, 1.82) is 5.26 Å². The molecule has 6 heteroatoms. The van der Waals surface area contributed by atoms with Crippen LogP contribution in [0, 0.1) is 18.3 Å². The number of halogens is 1. The van der Waals surface area contributed by atoms with Crippen LogP contribution in [0.2, 0.25) is 5.02 Å². The fraction of sp³-hybridized carbons (Fsp3) is 0.133. The molecule has 1 N–H and O–H groups in total. The number of nitrogens with one attached hydrogen (secondary N) is 1. The highest BCUT2D eigenvalue weighted by Crippen LogP contribution is 2.22. The van der Waals surface area contributed by atoms with E-state index in [0.29, 0.717) is 16.1 Å². The zero-order valence-electron chi connectivity index (χ0n) is 11.3. The molecule has 0 aromatic heterocycles. The number of nitrogens with zero attached hydrogens (tertiary/aromatic N) is 1. The maximum atomic E-state index is 12.3. The maximum absolute atomic E-state index is 12.3. The summed E-state index contributed by atoms with van der Waals surface area (Å²) in [5, 5.41) is 9.24. The first-order valence-corrected chi connectivity index (χ1v) is 8.04. The Morgan fingerprint density at radius 3 is 2.67 bits per heavy atom. The van der Waals surface area contributed by atoms with Gasteiger partial charge in [0.1, 0.15) is 0 Å². The monoisotopic (exact) mass is 320 g/mol. The van der Waals surface area contributed by atoms with E-state index in [1.165, 1.54) is 6.07 Å². The third-order valence-corrected chi connectivity index (χ3v) is 4.99. The Bertz CT molecular complexity index is 811. The zero-order chi connectivity index (χ0) is 15.5. The van der Waals surface area contributed by atoms with Crippen molar-refractivity contribution in [2.75, 3.05) is 0 Å². The Kier molecular flexibility index (Phi) is 4.63. The predicted molar refractivity (Wildman–Crippen MR) is 81.4 cm³/mol. The molecule has 0 aliphatic carbocycles. The van der Waals surface area contributed by atoms with Crippen molar-refractivity contribution in [2.24, 2.45) is 0 Å². The van der Waals surface area contributed by atoms with Crippen LogP contribution in [0.3, 0.4) is 0 Å². The van der Waals surface area contributed by atoms with Crippen LogP contribution >= 0.6 is 11.6 Å². The van der Waals surface area contributed by atoms with Crippen LogP contribution in [0.25, 0.3) is 0 Å². The molecule has 0 fully saturated rings. The summed E-state index contributed by atoms with van der Waals surface area (Å²) in [7, 11) is -3.65. The number of nitriles is 1. The molecule has 0 bridgehead atoms. The Morgan fingerprint density at radius 1 is 1.24 bits per heavy atom. The van der Waals surface area contributed by atoms with E-state index in [1.54, 1.807) is 43.3 Å². The van der Waals surface area contributed by atoms with Gasteiger partial charge in [-0.15, -0.1) is 0 Å². The van der Waals surface area contributed by atoms with Crippen molar-refractivity contribution < 1.29 is 8.42 Å². The molecule has 0 saturated carbocycles. The molecule has 108 valence electrons. The molecule has 0 spiro atoms. The SMILES string of the molecule is Cc1c(Cl)cccc1S(=O)(=O)NCc1cccc(C#N)c1. The smallest absolute Gasteiger partial charge is 0.207 e. The first-order chi connectivity index (χ1) is 9.94. The number of hydrogen-bond donors (Lipinski definition) is 1. The molecule has 4 nitrogen and oxygen atoms in total. The fourth-order valence-corrected chi connectivity index (χ4v) is 3.40. The van der Waals surface area contributed by atoms with Gasteiger partial charge in [-0.05, 0) is 42.3 Å². The Hall–Kier alpha value is -1.87. The van der Waals surface area contributed by atoms with Gasteiger partial charge in [-0.2, -0.15) is 5.26 Å². The zero-order valence-corrected chi connectivity index (χ0v) is 12.9. The summed E-state index contributed by atoms with van der Waals surface area (Å²) >= 11 is 5.95. The van der Waals surface area contributed by atoms with Crippen molar-refractivity contribution in [3.8, 4) is 6.07 Å². The van der Waals surface area contributed by atoms with E-state index in [9.17, 15) is 8.42 Å². The van der Waals surface area contributed by atoms with Gasteiger partial charge in [0, 0.05) is 11.6 Å². The minimum atomic E-state index is -3.65. The van der Waals surface area contributed by atoms with E-state index in [2.05, 4.69) is 4.72 Å². The lowest BCUT2D eigenvalue weighted by atomic mass is 10.1. The van der Waals surface area contributed by atoms with Gasteiger partial charge in [-0.25, -0.2) is 13.1 Å². The predicted octanol–water partition coefficient (Wildman–Crippen LogP) is 3.00. The second kappa shape index (κ2) is 6.27. The van der Waals surface area contributed by atoms with Crippen LogP contribution in [-0.4, -0.2) is 8.42 Å². The molecule has 2 aromatic carbocycles. The van der Waals surface area contributed by atoms with Crippen molar-refractivity contribution in [3.05, 3.63) is 64.2 Å². The lowest BCUT2D eigenvalue weighted by Gasteiger charge is -2.10. The van der Waals surface area contributed by atoms with E-state index in [4.69, 9.17) is 16.9 Å². The topological polar surface area (TPSA) is 70.0 Å². The highest BCUT2D eigenvalue weighted by atomic mass is 35.5. The molecule has 0 amide bonds. The molecular weight excluding hydrogens is 308 g/mol. The van der Waals surface area contributed by atoms with Crippen LogP contribution in [0.4, 0.5) is 0 Å². The van der Waals surface area contributed by atoms with Gasteiger partial charge in [0.25, 0.3) is 0 Å². The molecule has 0 aliphatic heterocycles. The molecule has 0 saturated heterocycles. The molecule has 0 aliphatic rings. The minimum absolute atomic E-state index is 0.115. The van der Waals surface area contributed by atoms with Gasteiger partial charge in [0.2, 0.25) is 10.0 Å². The highest BCUT2D eigenvalue weighted by Gasteiger charge is 2.17. The number of hydrogen-bond acceptors (Lipinski definition) is 3. The van der Waals surface area contributed by atoms with Crippen LogP contribution in [0.1, 0.15) is 16.7 Å². The summed E-state index contributed by atoms with van der Waals surface area (Å²) < 4.78 is 27.1. The van der Waals surface area contributed by atoms with Gasteiger partial charge in [-0.3, -0.25) is 0 Å². The summed E-state index contributed by atoms with van der Waals surface area (Å²) in [6.45, 7) is 1.77. The fourth-order valence-electron chi connectivity index (χ4n) is 1.89. The van der Waals surface area contributed by atoms with Crippen molar-refractivity contribution in [2.45, 2.75) is 18.4 Å². The van der Waals surface area contributed by atoms with E-state index in [-0.39, 0.29) is 11.4 Å². The average molecular weight is 321 g/mol. The van der Waals surface area contributed by atoms with Gasteiger partial charge in [0.15, 0.2) is 0 Å². The maximum Gasteiger partial charge on any atom is 0.241 e. The van der Waals surface area contributed by atoms with E-state index < -0.39 is 10.0 Å². The number of rotatable bonds is 4. The number of benzene rings is 2. The summed E-state index contributed by atoms with van der Waals surface area (Å²) in [6.07, 6.45) is 0. The molecule has 0 heterocycles. The highest BCUT2D eigenvalue weighted by molar-refractivity contribution is 7.89. The van der Waals surface area contributed by atoms with Crippen molar-refractivity contribution in [1.82, 2.24) is 4.72 Å². The van der Waals surface area contributed by atoms with E-state index in [0.717, 1.165) is 5.56 Å². The molecule has 2 aromatic rings. The van der Waals surface area contributed by atoms with Crippen LogP contribution in [0.15, 0.2) is 47.4 Å². The largest absolute Gasteiger partial charge is 0.241 e. The molecule has 2 rings (SSSR count). The quantitative estimate of drug-likeness (QED) is 0.941. The summed E-state index contributed by atoms with van der Waals surface area (Å²) in [5.41, 5.74) is 1.72. The average Bonchev–Trinajstić information content (AvgIpc) is 2.48. The summed E-state index contributed by atoms with van der Waals surface area (Å²) in [4.78, 5) is 0.159. The Morgan fingerprint density at radius 2 is 1.95 bits per heavy atom. The van der Waals surface area contributed by atoms with E-state index in [1.807, 2.05) is 6.07 Å². The first kappa shape index (κ1) is 15.5. The van der Waals surface area contributed by atoms with Crippen LogP contribution in [-0.2, 0) is 16.6 Å². The molecule has 0 radical (unpaired) electrons. The molecule has 0 atom stereocenters. The van der Waals surface area contributed by atoms with Gasteiger partial charge in [-0.1, -0.05) is 29.8 Å². The van der Waals surface area contributed by atoms with Crippen molar-refractivity contribution >= 4 is 21.6 Å². The van der Waals surface area contributed by atoms with Gasteiger partial charge >= 0.3 is 0 Å². The van der Waals surface area contributed by atoms with E-state index >= 15 is 0 Å². The first-order valence-electron chi connectivity index (χ1n) is 6.18. The Balaban J connectivity index is 2.22. The van der Waals surface area contributed by atoms with Gasteiger partial charge in [0.05, 0.1) is 16.5 Å². The standard InChI is InChI=1S/C15H13ClN2O2S/c1-11-14(16)6-3-7-15(11)21(19,20)18-10-13-5-2-4-12(8-13)9-17/h2-8,18H,10H2,1H3. The lowest BCUT2D eigenvalue weighted by molar-refractivity contribution is 0.580. The molecule has 0 unspecified atom stereocenters. The summed E-state index contributed by atoms with van der Waals surface area (Å²) in [6, 6.07) is 13.6. The third kappa shape index (κ3) is 3.61. The lowest BCUT2D eigenvalue weighted by Crippen LogP contribution is -2.24. The third-order valence-electron chi connectivity index (χ3n) is 3.03. The van der Waals surface area contributed by atoms with Crippen LogP contribution < -0.4 is 4.72 Å². The van der Waals surface area contributed by atoms with Crippen LogP contribution in [0.5, 0.6) is 0 Å². The van der Waals surface area contributed by atoms with Gasteiger partial charge < -0.3 is 0 Å². The molecular formula is C15H13ClN2O2S. The molecule has 21 heavy (non-hydrogen) atoms. The second-order valence-corrected chi connectivity index (χ2v) is 6.64. The Labute approximate surface area is 129 Å². The number of sulfonamides is 1. The normalized spacial score (nSPS) is 11.1. The minimum Gasteiger partial charge on any atom is -0.207 e. The van der Waals surface area contributed by atoms with Crippen molar-refractivity contribution in [3.63, 3.8) is 0 Å². The second-order valence-electron chi connectivity index (χ2n) is 4.50. The summed E-state index contributed by atoms with van der Waals surface area (Å²) in [5.74, 6) is 0.